The lowest BCUT2D eigenvalue weighted by atomic mass is 10.1. The molecule has 0 spiro atoms. The molecule has 94 valence electrons. The Labute approximate surface area is 118 Å². The van der Waals surface area contributed by atoms with E-state index in [9.17, 15) is 4.79 Å². The highest BCUT2D eigenvalue weighted by molar-refractivity contribution is 9.10. The van der Waals surface area contributed by atoms with Crippen LogP contribution < -0.4 is 5.32 Å². The Bertz CT molecular complexity index is 751. The summed E-state index contributed by atoms with van der Waals surface area (Å²) in [5.41, 5.74) is 2.28. The van der Waals surface area contributed by atoms with Gasteiger partial charge in [0.2, 0.25) is 0 Å². The number of anilines is 1. The van der Waals surface area contributed by atoms with Crippen LogP contribution in [0.15, 0.2) is 53.4 Å². The van der Waals surface area contributed by atoms with Crippen molar-refractivity contribution in [3.05, 3.63) is 59.0 Å². The lowest BCUT2D eigenvalue weighted by Gasteiger charge is -2.06. The lowest BCUT2D eigenvalue weighted by Crippen LogP contribution is -2.12. The molecule has 2 heterocycles. The predicted molar refractivity (Wildman–Crippen MR) is 78.2 cm³/mol. The zero-order valence-electron chi connectivity index (χ0n) is 9.85. The molecule has 0 bridgehead atoms. The van der Waals surface area contributed by atoms with Gasteiger partial charge in [-0.25, -0.2) is 4.98 Å². The number of hydrogen-bond acceptors (Lipinski definition) is 2. The molecule has 0 aliphatic carbocycles. The van der Waals surface area contributed by atoms with E-state index in [2.05, 4.69) is 31.2 Å². The van der Waals surface area contributed by atoms with E-state index in [1.807, 2.05) is 24.4 Å². The van der Waals surface area contributed by atoms with Gasteiger partial charge in [0, 0.05) is 28.9 Å². The minimum atomic E-state index is -0.156. The summed E-state index contributed by atoms with van der Waals surface area (Å²) in [4.78, 5) is 19.3. The van der Waals surface area contributed by atoms with E-state index < -0.39 is 0 Å². The van der Waals surface area contributed by atoms with Crippen molar-refractivity contribution in [2.24, 2.45) is 0 Å². The smallest absolute Gasteiger partial charge is 0.255 e. The number of nitrogens with one attached hydrogen (secondary N) is 2. The fourth-order valence-corrected chi connectivity index (χ4v) is 2.22. The number of halogens is 1. The molecule has 2 aromatic heterocycles. The van der Waals surface area contributed by atoms with Crippen molar-refractivity contribution in [1.82, 2.24) is 9.97 Å². The van der Waals surface area contributed by atoms with Crippen molar-refractivity contribution in [2.45, 2.75) is 0 Å². The standard InChI is InChI=1S/C14H10BrN3O/c15-13-12(2-1-6-17-13)18-14(19)10-3-4-11-9(8-10)5-7-16-11/h1-8,16H,(H,18,19). The lowest BCUT2D eigenvalue weighted by molar-refractivity contribution is 0.102. The number of aromatic amines is 1. The van der Waals surface area contributed by atoms with Crippen LogP contribution in [0.3, 0.4) is 0 Å². The maximum Gasteiger partial charge on any atom is 0.255 e. The molecule has 19 heavy (non-hydrogen) atoms. The van der Waals surface area contributed by atoms with Gasteiger partial charge in [0.05, 0.1) is 5.69 Å². The second kappa shape index (κ2) is 4.85. The molecule has 0 fully saturated rings. The Kier molecular flexibility index (Phi) is 3.05. The van der Waals surface area contributed by atoms with E-state index >= 15 is 0 Å². The SMILES string of the molecule is O=C(Nc1cccnc1Br)c1ccc2[nH]ccc2c1. The predicted octanol–water partition coefficient (Wildman–Crippen LogP) is 3.58. The average molecular weight is 316 g/mol. The third-order valence-electron chi connectivity index (χ3n) is 2.82. The highest BCUT2D eigenvalue weighted by atomic mass is 79.9. The number of amides is 1. The number of nitrogens with zero attached hydrogens (tertiary/aromatic N) is 1. The van der Waals surface area contributed by atoms with Gasteiger partial charge >= 0.3 is 0 Å². The third kappa shape index (κ3) is 2.37. The van der Waals surface area contributed by atoms with Crippen LogP contribution in [-0.4, -0.2) is 15.9 Å². The van der Waals surface area contributed by atoms with Crippen LogP contribution in [0.4, 0.5) is 5.69 Å². The van der Waals surface area contributed by atoms with Crippen molar-refractivity contribution in [2.75, 3.05) is 5.32 Å². The molecule has 1 amide bonds. The summed E-state index contributed by atoms with van der Waals surface area (Å²) in [6.07, 6.45) is 3.51. The summed E-state index contributed by atoms with van der Waals surface area (Å²) >= 11 is 3.30. The van der Waals surface area contributed by atoms with Crippen molar-refractivity contribution in [3.63, 3.8) is 0 Å². The molecule has 0 unspecified atom stereocenters. The Morgan fingerprint density at radius 3 is 3.00 bits per heavy atom. The number of hydrogen-bond donors (Lipinski definition) is 2. The molecule has 0 radical (unpaired) electrons. The summed E-state index contributed by atoms with van der Waals surface area (Å²) in [7, 11) is 0. The molecule has 0 aliphatic heterocycles. The molecular formula is C14H10BrN3O. The number of rotatable bonds is 2. The van der Waals surface area contributed by atoms with Gasteiger partial charge in [-0.2, -0.15) is 0 Å². The highest BCUT2D eigenvalue weighted by Gasteiger charge is 2.09. The molecule has 4 nitrogen and oxygen atoms in total. The molecule has 3 aromatic rings. The molecule has 1 aromatic carbocycles. The van der Waals surface area contributed by atoms with Gasteiger partial charge in [-0.05, 0) is 52.3 Å². The summed E-state index contributed by atoms with van der Waals surface area (Å²) in [6, 6.07) is 11.0. The third-order valence-corrected chi connectivity index (χ3v) is 3.45. The monoisotopic (exact) mass is 315 g/mol. The Morgan fingerprint density at radius 2 is 2.16 bits per heavy atom. The summed E-state index contributed by atoms with van der Waals surface area (Å²) in [5, 5.41) is 3.84. The molecule has 0 atom stereocenters. The number of pyridine rings is 1. The molecule has 0 saturated heterocycles. The Hall–Kier alpha value is -2.14. The van der Waals surface area contributed by atoms with Crippen molar-refractivity contribution in [1.29, 1.82) is 0 Å². The van der Waals surface area contributed by atoms with Crippen molar-refractivity contribution < 1.29 is 4.79 Å². The van der Waals surface area contributed by atoms with Crippen LogP contribution in [0.5, 0.6) is 0 Å². The number of H-pyrrole nitrogens is 1. The molecular weight excluding hydrogens is 306 g/mol. The molecule has 2 N–H and O–H groups in total. The average Bonchev–Trinajstić information content (AvgIpc) is 2.88. The van der Waals surface area contributed by atoms with Crippen LogP contribution in [0.25, 0.3) is 10.9 Å². The second-order valence-corrected chi connectivity index (χ2v) is 4.83. The van der Waals surface area contributed by atoms with Crippen LogP contribution in [0.1, 0.15) is 10.4 Å². The summed E-state index contributed by atoms with van der Waals surface area (Å²) in [6.45, 7) is 0. The zero-order chi connectivity index (χ0) is 13.2. The van der Waals surface area contributed by atoms with Crippen LogP contribution >= 0.6 is 15.9 Å². The fraction of sp³-hybridized carbons (Fsp3) is 0. The van der Waals surface area contributed by atoms with Gasteiger partial charge in [0.15, 0.2) is 0 Å². The van der Waals surface area contributed by atoms with Gasteiger partial charge < -0.3 is 10.3 Å². The van der Waals surface area contributed by atoms with Crippen molar-refractivity contribution in [3.8, 4) is 0 Å². The highest BCUT2D eigenvalue weighted by Crippen LogP contribution is 2.20. The number of benzene rings is 1. The summed E-state index contributed by atoms with van der Waals surface area (Å²) in [5.74, 6) is -0.156. The molecule has 0 saturated carbocycles. The van der Waals surface area contributed by atoms with Crippen LogP contribution in [0.2, 0.25) is 0 Å². The normalized spacial score (nSPS) is 10.6. The minimum Gasteiger partial charge on any atom is -0.361 e. The molecule has 5 heteroatoms. The summed E-state index contributed by atoms with van der Waals surface area (Å²) < 4.78 is 0.617. The van der Waals surface area contributed by atoms with Gasteiger partial charge in [-0.3, -0.25) is 4.79 Å². The fourth-order valence-electron chi connectivity index (χ4n) is 1.87. The number of aromatic nitrogens is 2. The van der Waals surface area contributed by atoms with Gasteiger partial charge in [0.25, 0.3) is 5.91 Å². The largest absolute Gasteiger partial charge is 0.361 e. The first kappa shape index (κ1) is 11.9. The topological polar surface area (TPSA) is 57.8 Å². The Morgan fingerprint density at radius 1 is 1.26 bits per heavy atom. The number of fused-ring (bicyclic) bond motifs is 1. The van der Waals surface area contributed by atoms with Crippen LogP contribution in [-0.2, 0) is 0 Å². The maximum atomic E-state index is 12.2. The van der Waals surface area contributed by atoms with E-state index in [-0.39, 0.29) is 5.91 Å². The second-order valence-electron chi connectivity index (χ2n) is 4.08. The van der Waals surface area contributed by atoms with Gasteiger partial charge in [-0.1, -0.05) is 0 Å². The first-order valence-corrected chi connectivity index (χ1v) is 6.52. The van der Waals surface area contributed by atoms with Gasteiger partial charge in [-0.15, -0.1) is 0 Å². The van der Waals surface area contributed by atoms with E-state index in [1.54, 1.807) is 24.4 Å². The Balaban J connectivity index is 1.89. The molecule has 0 aliphatic rings. The van der Waals surface area contributed by atoms with E-state index in [4.69, 9.17) is 0 Å². The number of carbonyl (C=O) groups is 1. The number of carbonyl (C=O) groups excluding carboxylic acids is 1. The van der Waals surface area contributed by atoms with E-state index in [1.165, 1.54) is 0 Å². The first-order chi connectivity index (χ1) is 9.24. The zero-order valence-corrected chi connectivity index (χ0v) is 11.4. The van der Waals surface area contributed by atoms with E-state index in [0.29, 0.717) is 15.9 Å². The molecule has 3 rings (SSSR count). The van der Waals surface area contributed by atoms with E-state index in [0.717, 1.165) is 10.9 Å². The first-order valence-electron chi connectivity index (χ1n) is 5.73. The van der Waals surface area contributed by atoms with Crippen LogP contribution in [0, 0.1) is 0 Å². The quantitative estimate of drug-likeness (QED) is 0.710. The maximum absolute atomic E-state index is 12.2. The van der Waals surface area contributed by atoms with Gasteiger partial charge in [0.1, 0.15) is 4.60 Å². The minimum absolute atomic E-state index is 0.156. The van der Waals surface area contributed by atoms with Crippen molar-refractivity contribution >= 4 is 38.4 Å².